The number of carbonyl (C=O) groups is 1. The molecule has 0 unspecified atom stereocenters. The fraction of sp³-hybridized carbons (Fsp3) is 0.533. The summed E-state index contributed by atoms with van der Waals surface area (Å²) >= 11 is 1.30. The van der Waals surface area contributed by atoms with Crippen molar-refractivity contribution < 1.29 is 4.79 Å². The summed E-state index contributed by atoms with van der Waals surface area (Å²) < 4.78 is 3.00. The average Bonchev–Trinajstić information content (AvgIpc) is 2.99. The molecule has 0 N–H and O–H groups in total. The van der Waals surface area contributed by atoms with E-state index in [1.165, 1.54) is 23.0 Å². The zero-order chi connectivity index (χ0) is 15.9. The number of hydrogen-bond acceptors (Lipinski definition) is 4. The first kappa shape index (κ1) is 15.0. The molecule has 1 saturated heterocycles. The van der Waals surface area contributed by atoms with Crippen molar-refractivity contribution in [2.45, 2.75) is 38.8 Å². The standard InChI is InChI=1S/C15H19N3O3S/c1-10-5-3-4-7-17(10)12(19)9-18-11-6-8-22-13(11)14(20)16(2)15(18)21/h6,8,10H,3-5,7,9H2,1-2H3/t10-/m1/s1. The van der Waals surface area contributed by atoms with Crippen LogP contribution in [0.3, 0.4) is 0 Å². The summed E-state index contributed by atoms with van der Waals surface area (Å²) in [7, 11) is 1.45. The SMILES string of the molecule is C[C@@H]1CCCCN1C(=O)Cn1c(=O)n(C)c(=O)c2sccc21. The van der Waals surface area contributed by atoms with E-state index < -0.39 is 5.69 Å². The lowest BCUT2D eigenvalue weighted by atomic mass is 10.0. The number of amides is 1. The fourth-order valence-electron chi connectivity index (χ4n) is 3.05. The van der Waals surface area contributed by atoms with Crippen molar-refractivity contribution >= 4 is 27.5 Å². The van der Waals surface area contributed by atoms with Crippen molar-refractivity contribution in [1.82, 2.24) is 14.0 Å². The second-order valence-corrected chi connectivity index (χ2v) is 6.72. The summed E-state index contributed by atoms with van der Waals surface area (Å²) in [6.07, 6.45) is 3.15. The number of fused-ring (bicyclic) bond motifs is 1. The second kappa shape index (κ2) is 5.72. The number of piperidine rings is 1. The molecule has 118 valence electrons. The highest BCUT2D eigenvalue weighted by Crippen LogP contribution is 2.18. The third-order valence-corrected chi connectivity index (χ3v) is 5.26. The van der Waals surface area contributed by atoms with Crippen LogP contribution in [-0.4, -0.2) is 32.5 Å². The Labute approximate surface area is 131 Å². The van der Waals surface area contributed by atoms with E-state index >= 15 is 0 Å². The number of rotatable bonds is 2. The zero-order valence-corrected chi connectivity index (χ0v) is 13.6. The monoisotopic (exact) mass is 321 g/mol. The van der Waals surface area contributed by atoms with E-state index in [1.54, 1.807) is 11.4 Å². The van der Waals surface area contributed by atoms with Crippen LogP contribution in [0.1, 0.15) is 26.2 Å². The van der Waals surface area contributed by atoms with Gasteiger partial charge in [0.05, 0.1) is 5.52 Å². The van der Waals surface area contributed by atoms with E-state index in [0.29, 0.717) is 10.2 Å². The van der Waals surface area contributed by atoms with E-state index in [9.17, 15) is 14.4 Å². The van der Waals surface area contributed by atoms with Gasteiger partial charge in [0, 0.05) is 19.6 Å². The first-order chi connectivity index (χ1) is 10.5. The lowest BCUT2D eigenvalue weighted by molar-refractivity contribution is -0.135. The second-order valence-electron chi connectivity index (χ2n) is 5.80. The van der Waals surface area contributed by atoms with Gasteiger partial charge in [-0.15, -0.1) is 11.3 Å². The van der Waals surface area contributed by atoms with E-state index in [-0.39, 0.29) is 24.1 Å². The van der Waals surface area contributed by atoms with Crippen LogP contribution in [0.25, 0.3) is 10.2 Å². The topological polar surface area (TPSA) is 64.3 Å². The van der Waals surface area contributed by atoms with Crippen LogP contribution in [0.2, 0.25) is 0 Å². The molecule has 1 amide bonds. The molecule has 0 radical (unpaired) electrons. The molecule has 2 aromatic rings. The molecule has 1 atom stereocenters. The highest BCUT2D eigenvalue weighted by molar-refractivity contribution is 7.17. The Morgan fingerprint density at radius 1 is 1.36 bits per heavy atom. The molecule has 22 heavy (non-hydrogen) atoms. The van der Waals surface area contributed by atoms with Gasteiger partial charge in [-0.1, -0.05) is 0 Å². The smallest absolute Gasteiger partial charge is 0.331 e. The van der Waals surface area contributed by atoms with Gasteiger partial charge in [0.1, 0.15) is 11.2 Å². The molecule has 3 heterocycles. The number of hydrogen-bond donors (Lipinski definition) is 0. The van der Waals surface area contributed by atoms with Crippen molar-refractivity contribution in [3.63, 3.8) is 0 Å². The lowest BCUT2D eigenvalue weighted by Gasteiger charge is -2.33. The van der Waals surface area contributed by atoms with Gasteiger partial charge in [0.15, 0.2) is 0 Å². The van der Waals surface area contributed by atoms with Gasteiger partial charge in [-0.3, -0.25) is 18.7 Å². The summed E-state index contributed by atoms with van der Waals surface area (Å²) in [6, 6.07) is 1.94. The van der Waals surface area contributed by atoms with E-state index in [0.717, 1.165) is 30.4 Å². The normalized spacial score (nSPS) is 18.8. The van der Waals surface area contributed by atoms with E-state index in [1.807, 2.05) is 11.8 Å². The van der Waals surface area contributed by atoms with Crippen molar-refractivity contribution in [1.29, 1.82) is 0 Å². The van der Waals surface area contributed by atoms with Gasteiger partial charge in [0.25, 0.3) is 5.56 Å². The van der Waals surface area contributed by atoms with Crippen LogP contribution in [0.15, 0.2) is 21.0 Å². The van der Waals surface area contributed by atoms with Crippen LogP contribution in [0.4, 0.5) is 0 Å². The van der Waals surface area contributed by atoms with Gasteiger partial charge in [-0.25, -0.2) is 4.79 Å². The number of thiophene rings is 1. The Bertz CT molecular complexity index is 833. The van der Waals surface area contributed by atoms with Gasteiger partial charge in [-0.05, 0) is 37.6 Å². The molecule has 0 aromatic carbocycles. The third kappa shape index (κ3) is 2.39. The molecule has 1 aliphatic heterocycles. The molecule has 0 saturated carbocycles. The summed E-state index contributed by atoms with van der Waals surface area (Å²) in [5, 5.41) is 1.77. The molecule has 0 aliphatic carbocycles. The summed E-state index contributed by atoms with van der Waals surface area (Å²) in [5.41, 5.74) is -0.185. The number of nitrogens with zero attached hydrogens (tertiary/aromatic N) is 3. The summed E-state index contributed by atoms with van der Waals surface area (Å²) in [5.74, 6) is -0.0551. The Kier molecular flexibility index (Phi) is 3.90. The molecule has 0 spiro atoms. The third-order valence-electron chi connectivity index (χ3n) is 4.37. The number of aromatic nitrogens is 2. The van der Waals surface area contributed by atoms with Gasteiger partial charge in [-0.2, -0.15) is 0 Å². The molecule has 1 aliphatic rings. The summed E-state index contributed by atoms with van der Waals surface area (Å²) in [4.78, 5) is 38.8. The first-order valence-electron chi connectivity index (χ1n) is 7.47. The lowest BCUT2D eigenvalue weighted by Crippen LogP contribution is -2.46. The van der Waals surface area contributed by atoms with E-state index in [2.05, 4.69) is 0 Å². The van der Waals surface area contributed by atoms with Crippen LogP contribution < -0.4 is 11.2 Å². The van der Waals surface area contributed by atoms with Gasteiger partial charge >= 0.3 is 5.69 Å². The molecular weight excluding hydrogens is 302 g/mol. The average molecular weight is 321 g/mol. The molecule has 7 heteroatoms. The zero-order valence-electron chi connectivity index (χ0n) is 12.7. The largest absolute Gasteiger partial charge is 0.338 e. The maximum atomic E-state index is 12.6. The fourth-order valence-corrected chi connectivity index (χ4v) is 3.92. The maximum Gasteiger partial charge on any atom is 0.331 e. The van der Waals surface area contributed by atoms with Gasteiger partial charge in [0.2, 0.25) is 5.91 Å². The minimum Gasteiger partial charge on any atom is -0.338 e. The molecule has 1 fully saturated rings. The van der Waals surface area contributed by atoms with Gasteiger partial charge < -0.3 is 4.90 Å². The van der Waals surface area contributed by atoms with Crippen LogP contribution >= 0.6 is 11.3 Å². The first-order valence-corrected chi connectivity index (χ1v) is 8.35. The molecule has 2 aromatic heterocycles. The predicted molar refractivity (Wildman–Crippen MR) is 86.4 cm³/mol. The molecular formula is C15H19N3O3S. The number of likely N-dealkylation sites (tertiary alicyclic amines) is 1. The Balaban J connectivity index is 2.00. The van der Waals surface area contributed by atoms with Crippen molar-refractivity contribution in [2.24, 2.45) is 7.05 Å². The van der Waals surface area contributed by atoms with Crippen molar-refractivity contribution in [2.75, 3.05) is 6.54 Å². The maximum absolute atomic E-state index is 12.6. The minimum absolute atomic E-state index is 0.00940. The van der Waals surface area contributed by atoms with Crippen LogP contribution in [-0.2, 0) is 18.4 Å². The molecule has 0 bridgehead atoms. The van der Waals surface area contributed by atoms with Crippen molar-refractivity contribution in [3.05, 3.63) is 32.3 Å². The molecule has 3 rings (SSSR count). The Morgan fingerprint density at radius 3 is 2.86 bits per heavy atom. The highest BCUT2D eigenvalue weighted by atomic mass is 32.1. The van der Waals surface area contributed by atoms with Crippen LogP contribution in [0, 0.1) is 0 Å². The van der Waals surface area contributed by atoms with Crippen LogP contribution in [0.5, 0.6) is 0 Å². The number of carbonyl (C=O) groups excluding carboxylic acids is 1. The molecule has 6 nitrogen and oxygen atoms in total. The summed E-state index contributed by atoms with van der Waals surface area (Å²) in [6.45, 7) is 2.78. The predicted octanol–water partition coefficient (Wildman–Crippen LogP) is 1.16. The van der Waals surface area contributed by atoms with Crippen molar-refractivity contribution in [3.8, 4) is 0 Å². The highest BCUT2D eigenvalue weighted by Gasteiger charge is 2.24. The minimum atomic E-state index is -0.436. The van der Waals surface area contributed by atoms with E-state index in [4.69, 9.17) is 0 Å². The Morgan fingerprint density at radius 2 is 2.14 bits per heavy atom. The Hall–Kier alpha value is -1.89. The quantitative estimate of drug-likeness (QED) is 0.834.